The number of anilines is 2. The zero-order chi connectivity index (χ0) is 32.0. The van der Waals surface area contributed by atoms with Gasteiger partial charge in [-0.1, -0.05) is 0 Å². The SMILES string of the molecule is CCN(CCOCCN(CC)c1ccc(N=Nc2scc[n+]2C)cc1)c1ccc(N=Nc2scc[n+]2C)cc1.[Cl][Zn-2]([Cl])([Cl])[Cl]. The van der Waals surface area contributed by atoms with Crippen molar-refractivity contribution in [2.24, 2.45) is 34.6 Å². The first-order chi connectivity index (χ1) is 21.1. The van der Waals surface area contributed by atoms with E-state index >= 15 is 0 Å². The van der Waals surface area contributed by atoms with E-state index in [1.807, 2.05) is 70.6 Å². The molecule has 44 heavy (non-hydrogen) atoms. The van der Waals surface area contributed by atoms with E-state index in [1.54, 1.807) is 22.7 Å². The van der Waals surface area contributed by atoms with Gasteiger partial charge in [-0.3, -0.25) is 0 Å². The minimum atomic E-state index is -3.36. The van der Waals surface area contributed by atoms with Gasteiger partial charge in [-0.15, -0.1) is 0 Å². The molecule has 0 atom stereocenters. The van der Waals surface area contributed by atoms with Gasteiger partial charge >= 0.3 is 59.8 Å². The summed E-state index contributed by atoms with van der Waals surface area (Å²) in [5, 5.41) is 23.1. The molecule has 16 heteroatoms. The summed E-state index contributed by atoms with van der Waals surface area (Å²) in [6, 6.07) is 16.4. The second-order valence-electron chi connectivity index (χ2n) is 9.40. The fourth-order valence-electron chi connectivity index (χ4n) is 3.90. The summed E-state index contributed by atoms with van der Waals surface area (Å²) in [4.78, 5) is 4.61. The second kappa shape index (κ2) is 19.0. The van der Waals surface area contributed by atoms with Crippen LogP contribution in [0.25, 0.3) is 0 Å². The van der Waals surface area contributed by atoms with Gasteiger partial charge in [-0.05, 0) is 95.3 Å². The molecule has 0 fully saturated rings. The van der Waals surface area contributed by atoms with Crippen molar-refractivity contribution in [3.63, 3.8) is 0 Å². The van der Waals surface area contributed by atoms with E-state index in [1.165, 1.54) is 0 Å². The van der Waals surface area contributed by atoms with E-state index in [-0.39, 0.29) is 0 Å². The van der Waals surface area contributed by atoms with E-state index in [0.29, 0.717) is 13.2 Å². The number of likely N-dealkylation sites (N-methyl/N-ethyl adjacent to an activating group) is 2. The predicted molar refractivity (Wildman–Crippen MR) is 182 cm³/mol. The first-order valence-corrected chi connectivity index (χ1v) is 31.5. The zero-order valence-corrected chi connectivity index (χ0v) is 32.8. The Bertz CT molecular complexity index is 1350. The van der Waals surface area contributed by atoms with Gasteiger partial charge in [0.05, 0.1) is 37.5 Å². The van der Waals surface area contributed by atoms with Crippen LogP contribution in [0, 0.1) is 0 Å². The maximum absolute atomic E-state index is 6.02. The summed E-state index contributed by atoms with van der Waals surface area (Å²) >= 11 is 3.13. The Labute approximate surface area is 286 Å². The van der Waals surface area contributed by atoms with Crippen molar-refractivity contribution in [2.75, 3.05) is 49.2 Å². The number of benzene rings is 2. The van der Waals surface area contributed by atoms with Crippen LogP contribution in [0.2, 0.25) is 0 Å². The van der Waals surface area contributed by atoms with Gasteiger partial charge in [-0.25, -0.2) is 9.13 Å². The molecule has 0 aliphatic rings. The maximum atomic E-state index is 6.02. The van der Waals surface area contributed by atoms with Crippen molar-refractivity contribution in [3.8, 4) is 0 Å². The molecule has 0 saturated heterocycles. The first-order valence-electron chi connectivity index (χ1n) is 14.1. The first kappa shape index (κ1) is 36.7. The third kappa shape index (κ3) is 13.3. The molecular formula is C28H36Cl4N8OS2Zn. The van der Waals surface area contributed by atoms with E-state index in [9.17, 15) is 0 Å². The second-order valence-corrected chi connectivity index (χ2v) is 38.9. The van der Waals surface area contributed by atoms with Crippen LogP contribution < -0.4 is 18.9 Å². The molecule has 0 unspecified atom stereocenters. The zero-order valence-electron chi connectivity index (χ0n) is 25.2. The number of aryl methyl sites for hydroxylation is 2. The molecule has 2 heterocycles. The quantitative estimate of drug-likeness (QED) is 0.0555. The number of azo groups is 2. The average molecular weight is 772 g/mol. The van der Waals surface area contributed by atoms with Gasteiger partial charge in [0.1, 0.15) is 23.8 Å². The molecule has 9 nitrogen and oxygen atoms in total. The molecule has 0 bridgehead atoms. The van der Waals surface area contributed by atoms with Gasteiger partial charge in [0.2, 0.25) is 0 Å². The van der Waals surface area contributed by atoms with E-state index < -0.39 is 10.8 Å². The molecule has 2 aromatic carbocycles. The molecule has 4 rings (SSSR count). The van der Waals surface area contributed by atoms with Crippen LogP contribution in [0.15, 0.2) is 92.1 Å². The number of rotatable bonds is 14. The van der Waals surface area contributed by atoms with Crippen LogP contribution in [-0.2, 0) is 29.6 Å². The van der Waals surface area contributed by atoms with Crippen LogP contribution in [-0.4, -0.2) is 39.4 Å². The third-order valence-electron chi connectivity index (χ3n) is 6.23. The Morgan fingerprint density at radius 2 is 1.02 bits per heavy atom. The minimum absolute atomic E-state index is 0.668. The van der Waals surface area contributed by atoms with Crippen molar-refractivity contribution in [1.29, 1.82) is 0 Å². The van der Waals surface area contributed by atoms with Crippen molar-refractivity contribution >= 4 is 94.5 Å². The number of hydrogen-bond acceptors (Lipinski definition) is 9. The molecule has 0 amide bonds. The molecule has 0 radical (unpaired) electrons. The van der Waals surface area contributed by atoms with Gasteiger partial charge in [0, 0.05) is 48.3 Å². The van der Waals surface area contributed by atoms with Crippen molar-refractivity contribution in [3.05, 3.63) is 71.7 Å². The normalized spacial score (nSPS) is 11.6. The van der Waals surface area contributed by atoms with Crippen LogP contribution >= 0.6 is 61.4 Å². The van der Waals surface area contributed by atoms with Crippen LogP contribution in [0.1, 0.15) is 13.8 Å². The van der Waals surface area contributed by atoms with Crippen LogP contribution in [0.5, 0.6) is 0 Å². The molecule has 2 aromatic heterocycles. The van der Waals surface area contributed by atoms with Gasteiger partial charge in [-0.2, -0.15) is 0 Å². The van der Waals surface area contributed by atoms with E-state index in [2.05, 4.69) is 68.4 Å². The summed E-state index contributed by atoms with van der Waals surface area (Å²) in [5.74, 6) is 0. The topological polar surface area (TPSA) is 72.9 Å². The summed E-state index contributed by atoms with van der Waals surface area (Å²) in [7, 11) is 20.8. The van der Waals surface area contributed by atoms with E-state index in [4.69, 9.17) is 43.5 Å². The average Bonchev–Trinajstić information content (AvgIpc) is 3.61. The molecular weight excluding hydrogens is 736 g/mol. The molecule has 0 aliphatic carbocycles. The Hall–Kier alpha value is -1.76. The standard InChI is InChI=1S/C28H36N8OS2.4ClH.Zn/c1-5-35(25-11-7-23(8-12-25)29-31-27-33(3)17-21-38-27)15-19-37-20-16-36(6-2)26-13-9-24(10-14-26)30-32-28-34(4)18-22-39-28;;;;;/h7-14,17-18,21-22H,5-6,15-16,19-20H2,1-4H3;4*1H;/q+2;;;;;+2/p-4. The van der Waals surface area contributed by atoms with Crippen LogP contribution in [0.4, 0.5) is 33.0 Å². The monoisotopic (exact) mass is 768 g/mol. The molecule has 4 aromatic rings. The fourth-order valence-corrected chi connectivity index (χ4v) is 5.26. The molecule has 0 spiro atoms. The summed E-state index contributed by atoms with van der Waals surface area (Å²) in [6.45, 7) is 9.13. The number of aromatic nitrogens is 2. The Balaban J connectivity index is 0.000000978. The fraction of sp³-hybridized carbons (Fsp3) is 0.357. The Kier molecular flexibility index (Phi) is 15.9. The van der Waals surface area contributed by atoms with Crippen LogP contribution in [0.3, 0.4) is 0 Å². The number of thiazole rings is 2. The number of halogens is 4. The van der Waals surface area contributed by atoms with Gasteiger partial charge in [0.15, 0.2) is 0 Å². The number of ether oxygens (including phenoxy) is 1. The number of nitrogens with zero attached hydrogens (tertiary/aromatic N) is 8. The molecule has 0 saturated carbocycles. The van der Waals surface area contributed by atoms with Crippen molar-refractivity contribution < 1.29 is 24.7 Å². The van der Waals surface area contributed by atoms with Crippen molar-refractivity contribution in [2.45, 2.75) is 13.8 Å². The number of hydrogen-bond donors (Lipinski definition) is 0. The third-order valence-corrected chi connectivity index (χ3v) is 7.90. The Morgan fingerprint density at radius 1 is 0.659 bits per heavy atom. The summed E-state index contributed by atoms with van der Waals surface area (Å²) in [5.41, 5.74) is 3.99. The van der Waals surface area contributed by atoms with E-state index in [0.717, 1.165) is 59.2 Å². The van der Waals surface area contributed by atoms with Gasteiger partial charge in [0.25, 0.3) is 0 Å². The summed E-state index contributed by atoms with van der Waals surface area (Å²) in [6.07, 6.45) is 3.95. The van der Waals surface area contributed by atoms with Crippen molar-refractivity contribution in [1.82, 2.24) is 0 Å². The molecule has 236 valence electrons. The van der Waals surface area contributed by atoms with Gasteiger partial charge < -0.3 is 14.5 Å². The summed E-state index contributed by atoms with van der Waals surface area (Å²) < 4.78 is 9.93. The predicted octanol–water partition coefficient (Wildman–Crippen LogP) is 9.41. The molecule has 0 aliphatic heterocycles. The molecule has 0 N–H and O–H groups in total. The Morgan fingerprint density at radius 3 is 1.32 bits per heavy atom.